The van der Waals surface area contributed by atoms with E-state index in [9.17, 15) is 14.7 Å². The zero-order valence-corrected chi connectivity index (χ0v) is 21.1. The smallest absolute Gasteiger partial charge is 0.264 e. The van der Waals surface area contributed by atoms with E-state index in [1.165, 1.54) is 0 Å². The average Bonchev–Trinajstić information content (AvgIpc) is 2.89. The number of nitrogens with one attached hydrogen (secondary N) is 2. The van der Waals surface area contributed by atoms with E-state index in [0.29, 0.717) is 59.6 Å². The molecule has 0 aliphatic carbocycles. The molecular weight excluding hydrogens is 474 g/mol. The Hall–Kier alpha value is -3.70. The van der Waals surface area contributed by atoms with Crippen LogP contribution in [0.4, 0.5) is 11.8 Å². The number of nitrogen functional groups attached to an aromatic ring is 1. The van der Waals surface area contributed by atoms with E-state index < -0.39 is 0 Å². The van der Waals surface area contributed by atoms with Crippen LogP contribution < -0.4 is 26.7 Å². The van der Waals surface area contributed by atoms with Crippen molar-refractivity contribution >= 4 is 28.6 Å². The Morgan fingerprint density at radius 3 is 2.73 bits per heavy atom. The number of amides is 1. The third-order valence-corrected chi connectivity index (χ3v) is 7.12. The van der Waals surface area contributed by atoms with E-state index >= 15 is 0 Å². The topological polar surface area (TPSA) is 148 Å². The molecule has 37 heavy (non-hydrogen) atoms. The van der Waals surface area contributed by atoms with Crippen LogP contribution in [-0.4, -0.2) is 75.4 Å². The lowest BCUT2D eigenvalue weighted by Crippen LogP contribution is -2.67. The van der Waals surface area contributed by atoms with Crippen molar-refractivity contribution in [1.29, 1.82) is 0 Å². The van der Waals surface area contributed by atoms with Crippen LogP contribution in [0.2, 0.25) is 0 Å². The number of carbonyl (C=O) groups excluding carboxylic acids is 1. The van der Waals surface area contributed by atoms with Crippen molar-refractivity contribution in [2.45, 2.75) is 50.9 Å². The van der Waals surface area contributed by atoms with Crippen molar-refractivity contribution in [3.05, 3.63) is 51.9 Å². The van der Waals surface area contributed by atoms with Crippen molar-refractivity contribution in [3.63, 3.8) is 0 Å². The average molecular weight is 508 g/mol. The number of benzene rings is 1. The van der Waals surface area contributed by atoms with E-state index in [0.717, 1.165) is 18.4 Å². The number of methoxy groups -OCH3 is 1. The van der Waals surface area contributed by atoms with E-state index in [-0.39, 0.29) is 36.6 Å². The molecule has 0 saturated carbocycles. The second kappa shape index (κ2) is 10.3. The van der Waals surface area contributed by atoms with Crippen LogP contribution in [-0.2, 0) is 6.54 Å². The zero-order valence-electron chi connectivity index (χ0n) is 21.1. The van der Waals surface area contributed by atoms with Gasteiger partial charge in [-0.1, -0.05) is 19.4 Å². The highest BCUT2D eigenvalue weighted by molar-refractivity contribution is 5.95. The number of hydrogen-bond donors (Lipinski definition) is 4. The van der Waals surface area contributed by atoms with Gasteiger partial charge in [-0.05, 0) is 31.0 Å². The molecule has 5 heterocycles. The first-order valence-corrected chi connectivity index (χ1v) is 12.7. The number of aliphatic hydroxyl groups is 1. The molecule has 3 saturated heterocycles. The van der Waals surface area contributed by atoms with Gasteiger partial charge in [0, 0.05) is 42.5 Å². The van der Waals surface area contributed by atoms with Crippen molar-refractivity contribution in [2.75, 3.05) is 37.9 Å². The SMILES string of the molecule is CCCC(CO)Nc1nc(N)nc2ccn(Cc3ccc(C(=O)N4CC5CC(C4)N5)cc3OC)c(=O)c12. The number of anilines is 2. The number of aliphatic hydroxyl groups excluding tert-OH is 1. The summed E-state index contributed by atoms with van der Waals surface area (Å²) in [6, 6.07) is 7.58. The molecule has 3 unspecified atom stereocenters. The molecule has 5 N–H and O–H groups in total. The van der Waals surface area contributed by atoms with Crippen LogP contribution in [0.1, 0.15) is 42.1 Å². The third-order valence-electron chi connectivity index (χ3n) is 7.12. The molecule has 0 radical (unpaired) electrons. The summed E-state index contributed by atoms with van der Waals surface area (Å²) < 4.78 is 7.15. The molecule has 1 amide bonds. The summed E-state index contributed by atoms with van der Waals surface area (Å²) in [5.41, 5.74) is 7.33. The summed E-state index contributed by atoms with van der Waals surface area (Å²) >= 11 is 0. The number of hydrogen-bond acceptors (Lipinski definition) is 9. The fourth-order valence-electron chi connectivity index (χ4n) is 5.23. The molecule has 6 rings (SSSR count). The van der Waals surface area contributed by atoms with Crippen molar-refractivity contribution in [1.82, 2.24) is 24.8 Å². The van der Waals surface area contributed by atoms with Gasteiger partial charge in [0.25, 0.3) is 11.5 Å². The van der Waals surface area contributed by atoms with Gasteiger partial charge in [0.2, 0.25) is 5.95 Å². The number of pyridine rings is 1. The minimum atomic E-state index is -0.296. The fourth-order valence-corrected chi connectivity index (χ4v) is 5.23. The van der Waals surface area contributed by atoms with E-state index in [2.05, 4.69) is 20.6 Å². The van der Waals surface area contributed by atoms with Gasteiger partial charge in [0.1, 0.15) is 17.0 Å². The summed E-state index contributed by atoms with van der Waals surface area (Å²) in [7, 11) is 1.55. The number of nitrogens with zero attached hydrogens (tertiary/aromatic N) is 4. The number of piperidine rings is 1. The Kier molecular flexibility index (Phi) is 6.98. The van der Waals surface area contributed by atoms with Gasteiger partial charge < -0.3 is 35.7 Å². The maximum atomic E-state index is 13.5. The minimum absolute atomic E-state index is 0.0140. The number of ether oxygens (including phenoxy) is 1. The molecule has 2 aromatic heterocycles. The lowest BCUT2D eigenvalue weighted by atomic mass is 9.91. The van der Waals surface area contributed by atoms with Gasteiger partial charge in [-0.25, -0.2) is 4.98 Å². The van der Waals surface area contributed by atoms with Gasteiger partial charge in [-0.15, -0.1) is 0 Å². The van der Waals surface area contributed by atoms with Crippen LogP contribution >= 0.6 is 0 Å². The molecule has 11 nitrogen and oxygen atoms in total. The number of nitrogens with two attached hydrogens (primary N) is 1. The Morgan fingerprint density at radius 2 is 2.05 bits per heavy atom. The largest absolute Gasteiger partial charge is 0.496 e. The highest BCUT2D eigenvalue weighted by Gasteiger charge is 2.38. The molecule has 196 valence electrons. The number of rotatable bonds is 9. The van der Waals surface area contributed by atoms with Crippen molar-refractivity contribution < 1.29 is 14.6 Å². The molecule has 1 aromatic carbocycles. The number of fused-ring (bicyclic) bond motifs is 3. The monoisotopic (exact) mass is 507 g/mol. The quantitative estimate of drug-likeness (QED) is 0.335. The van der Waals surface area contributed by atoms with E-state index in [1.54, 1.807) is 36.1 Å². The Morgan fingerprint density at radius 1 is 1.30 bits per heavy atom. The molecule has 11 heteroatoms. The Balaban J connectivity index is 1.44. The maximum absolute atomic E-state index is 13.5. The molecule has 2 bridgehead atoms. The van der Waals surface area contributed by atoms with E-state index in [4.69, 9.17) is 10.5 Å². The summed E-state index contributed by atoms with van der Waals surface area (Å²) in [5.74, 6) is 0.869. The summed E-state index contributed by atoms with van der Waals surface area (Å²) in [4.78, 5) is 37.0. The predicted octanol–water partition coefficient (Wildman–Crippen LogP) is 1.19. The molecule has 0 spiro atoms. The van der Waals surface area contributed by atoms with Gasteiger partial charge in [0.15, 0.2) is 0 Å². The lowest BCUT2D eigenvalue weighted by Gasteiger charge is -2.48. The first-order chi connectivity index (χ1) is 17.9. The molecule has 3 aliphatic rings. The zero-order chi connectivity index (χ0) is 26.1. The van der Waals surface area contributed by atoms with Gasteiger partial charge in [0.05, 0.1) is 31.8 Å². The molecule has 3 atom stereocenters. The van der Waals surface area contributed by atoms with Crippen LogP contribution in [0.25, 0.3) is 10.9 Å². The second-order valence-corrected chi connectivity index (χ2v) is 9.78. The normalized spacial score (nSPS) is 19.4. The van der Waals surface area contributed by atoms with Gasteiger partial charge in [-0.2, -0.15) is 4.98 Å². The standard InChI is InChI=1S/C26H33N7O4/c1-3-4-17(14-34)29-23-22-20(30-26(27)31-23)7-8-32(25(22)36)11-16-6-5-15(9-21(16)37-2)24(35)33-12-18-10-19(13-33)28-18/h5-9,17-19,28,34H,3-4,10-14H2,1-2H3,(H3,27,29,30,31). The first kappa shape index (κ1) is 25.0. The highest BCUT2D eigenvalue weighted by Crippen LogP contribution is 2.26. The maximum Gasteiger partial charge on any atom is 0.264 e. The van der Waals surface area contributed by atoms with Crippen LogP contribution in [0.15, 0.2) is 35.3 Å². The number of carbonyl (C=O) groups is 1. The van der Waals surface area contributed by atoms with E-state index in [1.807, 2.05) is 17.9 Å². The fraction of sp³-hybridized carbons (Fsp3) is 0.462. The first-order valence-electron chi connectivity index (χ1n) is 12.7. The predicted molar refractivity (Wildman–Crippen MR) is 141 cm³/mol. The third kappa shape index (κ3) is 4.96. The molecule has 3 aromatic rings. The number of piperazine rings is 1. The van der Waals surface area contributed by atoms with Crippen LogP contribution in [0, 0.1) is 0 Å². The summed E-state index contributed by atoms with van der Waals surface area (Å²) in [6.45, 7) is 3.57. The molecule has 3 aliphatic heterocycles. The van der Waals surface area contributed by atoms with Crippen molar-refractivity contribution in [3.8, 4) is 5.75 Å². The summed E-state index contributed by atoms with van der Waals surface area (Å²) in [6.07, 6.45) is 4.35. The van der Waals surface area contributed by atoms with Gasteiger partial charge >= 0.3 is 0 Å². The molecule has 3 fully saturated rings. The molecular formula is C26H33N7O4. The van der Waals surface area contributed by atoms with Crippen LogP contribution in [0.5, 0.6) is 5.75 Å². The highest BCUT2D eigenvalue weighted by atomic mass is 16.5. The van der Waals surface area contributed by atoms with Gasteiger partial charge in [-0.3, -0.25) is 9.59 Å². The summed E-state index contributed by atoms with van der Waals surface area (Å²) in [5, 5.41) is 16.6. The van der Waals surface area contributed by atoms with Crippen molar-refractivity contribution in [2.24, 2.45) is 0 Å². The van der Waals surface area contributed by atoms with Crippen LogP contribution in [0.3, 0.4) is 0 Å². The Labute approximate surface area is 214 Å². The number of aromatic nitrogens is 3. The minimum Gasteiger partial charge on any atom is -0.496 e. The Bertz CT molecular complexity index is 1360. The second-order valence-electron chi connectivity index (χ2n) is 9.78. The lowest BCUT2D eigenvalue weighted by molar-refractivity contribution is 0.0473.